The van der Waals surface area contributed by atoms with Crippen molar-refractivity contribution in [2.24, 2.45) is 0 Å². The van der Waals surface area contributed by atoms with Crippen molar-refractivity contribution >= 4 is 21.9 Å². The molecule has 0 fully saturated rings. The molecule has 35 heavy (non-hydrogen) atoms. The Morgan fingerprint density at radius 3 is 2.31 bits per heavy atom. The molecule has 1 amide bonds. The van der Waals surface area contributed by atoms with Crippen LogP contribution in [0.25, 0.3) is 0 Å². The summed E-state index contributed by atoms with van der Waals surface area (Å²) in [6.07, 6.45) is 1.52. The molecule has 0 bridgehead atoms. The van der Waals surface area contributed by atoms with Crippen molar-refractivity contribution in [3.05, 3.63) is 102 Å². The second-order valence-electron chi connectivity index (χ2n) is 7.82. The second kappa shape index (κ2) is 10.5. The highest BCUT2D eigenvalue weighted by Crippen LogP contribution is 2.28. The number of carbonyl (C=O) groups is 1. The molecule has 4 aromatic rings. The summed E-state index contributed by atoms with van der Waals surface area (Å²) in [5, 5.41) is 6.89. The molecule has 1 aromatic heterocycles. The SMILES string of the molecule is COc1ccc(C(=O)Nc2ncn(Cc3ccccc3)n2)cc1S(=O)(=O)N(C)Cc1ccccc1. The summed E-state index contributed by atoms with van der Waals surface area (Å²) in [4.78, 5) is 16.9. The van der Waals surface area contributed by atoms with Crippen LogP contribution in [-0.2, 0) is 23.1 Å². The number of hydrogen-bond acceptors (Lipinski definition) is 6. The first-order chi connectivity index (χ1) is 16.9. The van der Waals surface area contributed by atoms with E-state index in [1.807, 2.05) is 60.7 Å². The number of nitrogens with zero attached hydrogens (tertiary/aromatic N) is 4. The highest BCUT2D eigenvalue weighted by molar-refractivity contribution is 7.89. The summed E-state index contributed by atoms with van der Waals surface area (Å²) in [6.45, 7) is 0.675. The van der Waals surface area contributed by atoms with Gasteiger partial charge in [-0.05, 0) is 29.3 Å². The van der Waals surface area contributed by atoms with Gasteiger partial charge in [-0.25, -0.2) is 18.1 Å². The Hall–Kier alpha value is -4.02. The smallest absolute Gasteiger partial charge is 0.258 e. The first-order valence-electron chi connectivity index (χ1n) is 10.8. The van der Waals surface area contributed by atoms with E-state index in [0.29, 0.717) is 6.54 Å². The molecule has 0 aliphatic heterocycles. The molecule has 1 heterocycles. The van der Waals surface area contributed by atoms with Crippen LogP contribution in [0.3, 0.4) is 0 Å². The van der Waals surface area contributed by atoms with Gasteiger partial charge in [0.15, 0.2) is 0 Å². The average molecular weight is 492 g/mol. The average Bonchev–Trinajstić information content (AvgIpc) is 3.31. The van der Waals surface area contributed by atoms with E-state index in [0.717, 1.165) is 11.1 Å². The van der Waals surface area contributed by atoms with Crippen LogP contribution < -0.4 is 10.1 Å². The van der Waals surface area contributed by atoms with Gasteiger partial charge in [0.25, 0.3) is 5.91 Å². The van der Waals surface area contributed by atoms with E-state index in [1.54, 1.807) is 4.68 Å². The number of anilines is 1. The summed E-state index contributed by atoms with van der Waals surface area (Å²) in [5.74, 6) is -0.272. The van der Waals surface area contributed by atoms with Gasteiger partial charge in [0.2, 0.25) is 16.0 Å². The molecule has 1 N–H and O–H groups in total. The minimum Gasteiger partial charge on any atom is -0.495 e. The number of benzene rings is 3. The zero-order valence-corrected chi connectivity index (χ0v) is 20.1. The van der Waals surface area contributed by atoms with E-state index in [2.05, 4.69) is 15.4 Å². The lowest BCUT2D eigenvalue weighted by Gasteiger charge is -2.19. The molecular formula is C25H25N5O4S. The van der Waals surface area contributed by atoms with E-state index in [9.17, 15) is 13.2 Å². The Bertz CT molecular complexity index is 1410. The predicted molar refractivity (Wildman–Crippen MR) is 132 cm³/mol. The molecule has 0 saturated heterocycles. The Kier molecular flexibility index (Phi) is 7.23. The summed E-state index contributed by atoms with van der Waals surface area (Å²) < 4.78 is 34.7. The number of nitrogens with one attached hydrogen (secondary N) is 1. The van der Waals surface area contributed by atoms with Crippen molar-refractivity contribution in [2.45, 2.75) is 18.0 Å². The summed E-state index contributed by atoms with van der Waals surface area (Å²) in [6, 6.07) is 23.2. The normalized spacial score (nSPS) is 11.4. The quantitative estimate of drug-likeness (QED) is 0.385. The number of hydrogen-bond donors (Lipinski definition) is 1. The summed E-state index contributed by atoms with van der Waals surface area (Å²) >= 11 is 0. The van der Waals surface area contributed by atoms with E-state index < -0.39 is 15.9 Å². The fourth-order valence-corrected chi connectivity index (χ4v) is 4.82. The Labute approximate surface area is 204 Å². The summed E-state index contributed by atoms with van der Waals surface area (Å²) in [5.41, 5.74) is 2.01. The lowest BCUT2D eigenvalue weighted by atomic mass is 10.2. The molecule has 180 valence electrons. The van der Waals surface area contributed by atoms with Gasteiger partial charge >= 0.3 is 0 Å². The van der Waals surface area contributed by atoms with Crippen LogP contribution in [0.15, 0.2) is 90.1 Å². The number of methoxy groups -OCH3 is 1. The molecule has 0 atom stereocenters. The van der Waals surface area contributed by atoms with Crippen LogP contribution in [0, 0.1) is 0 Å². The molecule has 9 nitrogen and oxygen atoms in total. The number of rotatable bonds is 9. The Balaban J connectivity index is 1.52. The number of amides is 1. The van der Waals surface area contributed by atoms with Gasteiger partial charge in [0, 0.05) is 19.2 Å². The molecule has 3 aromatic carbocycles. The number of sulfonamides is 1. The van der Waals surface area contributed by atoms with Crippen LogP contribution in [-0.4, -0.2) is 47.6 Å². The van der Waals surface area contributed by atoms with Gasteiger partial charge in [0.05, 0.1) is 13.7 Å². The summed E-state index contributed by atoms with van der Waals surface area (Å²) in [7, 11) is -1.08. The first-order valence-corrected chi connectivity index (χ1v) is 12.2. The molecule has 0 spiro atoms. The fourth-order valence-electron chi connectivity index (χ4n) is 3.49. The number of ether oxygens (including phenoxy) is 1. The zero-order valence-electron chi connectivity index (χ0n) is 19.3. The minimum absolute atomic E-state index is 0.103. The van der Waals surface area contributed by atoms with Crippen molar-refractivity contribution < 1.29 is 17.9 Å². The number of carbonyl (C=O) groups excluding carboxylic acids is 1. The van der Waals surface area contributed by atoms with Crippen LogP contribution in [0.1, 0.15) is 21.5 Å². The highest BCUT2D eigenvalue weighted by atomic mass is 32.2. The lowest BCUT2D eigenvalue weighted by molar-refractivity contribution is 0.102. The topological polar surface area (TPSA) is 106 Å². The van der Waals surface area contributed by atoms with E-state index in [-0.39, 0.29) is 28.7 Å². The van der Waals surface area contributed by atoms with Gasteiger partial charge < -0.3 is 4.74 Å². The largest absolute Gasteiger partial charge is 0.495 e. The monoisotopic (exact) mass is 491 g/mol. The maximum atomic E-state index is 13.3. The maximum absolute atomic E-state index is 13.3. The van der Waals surface area contributed by atoms with Gasteiger partial charge in [0.1, 0.15) is 17.0 Å². The van der Waals surface area contributed by atoms with Gasteiger partial charge in [-0.3, -0.25) is 10.1 Å². The highest BCUT2D eigenvalue weighted by Gasteiger charge is 2.26. The van der Waals surface area contributed by atoms with Crippen molar-refractivity contribution in [2.75, 3.05) is 19.5 Å². The van der Waals surface area contributed by atoms with Crippen LogP contribution >= 0.6 is 0 Å². The molecule has 10 heteroatoms. The Morgan fingerprint density at radius 2 is 1.66 bits per heavy atom. The second-order valence-corrected chi connectivity index (χ2v) is 9.83. The van der Waals surface area contributed by atoms with Crippen molar-refractivity contribution in [3.63, 3.8) is 0 Å². The number of aromatic nitrogens is 3. The van der Waals surface area contributed by atoms with Crippen molar-refractivity contribution in [3.8, 4) is 5.75 Å². The third-order valence-corrected chi connectivity index (χ3v) is 7.14. The van der Waals surface area contributed by atoms with E-state index in [1.165, 1.54) is 43.0 Å². The fraction of sp³-hybridized carbons (Fsp3) is 0.160. The molecule has 0 aliphatic carbocycles. The van der Waals surface area contributed by atoms with Crippen LogP contribution in [0.5, 0.6) is 5.75 Å². The predicted octanol–water partition coefficient (Wildman–Crippen LogP) is 3.41. The van der Waals surface area contributed by atoms with Gasteiger partial charge in [-0.1, -0.05) is 60.7 Å². The zero-order chi connectivity index (χ0) is 24.8. The standard InChI is InChI=1S/C25H25N5O4S/c1-29(16-19-9-5-3-6-10-19)35(32,33)23-15-21(13-14-22(23)34-2)24(31)27-25-26-18-30(28-25)17-20-11-7-4-8-12-20/h3-15,18H,16-17H2,1-2H3,(H,27,28,31). The third kappa shape index (κ3) is 5.73. The first kappa shape index (κ1) is 24.1. The minimum atomic E-state index is -3.95. The lowest BCUT2D eigenvalue weighted by Crippen LogP contribution is -2.27. The van der Waals surface area contributed by atoms with E-state index >= 15 is 0 Å². The molecular weight excluding hydrogens is 466 g/mol. The van der Waals surface area contributed by atoms with Crippen LogP contribution in [0.4, 0.5) is 5.95 Å². The van der Waals surface area contributed by atoms with Crippen molar-refractivity contribution in [1.29, 1.82) is 0 Å². The molecule has 0 unspecified atom stereocenters. The van der Waals surface area contributed by atoms with Crippen LogP contribution in [0.2, 0.25) is 0 Å². The van der Waals surface area contributed by atoms with E-state index in [4.69, 9.17) is 4.74 Å². The molecule has 0 radical (unpaired) electrons. The van der Waals surface area contributed by atoms with Gasteiger partial charge in [-0.15, -0.1) is 5.10 Å². The molecule has 4 rings (SSSR count). The molecule has 0 saturated carbocycles. The van der Waals surface area contributed by atoms with Crippen molar-refractivity contribution in [1.82, 2.24) is 19.1 Å². The Morgan fingerprint density at radius 1 is 1.00 bits per heavy atom. The van der Waals surface area contributed by atoms with Gasteiger partial charge in [-0.2, -0.15) is 4.31 Å². The third-order valence-electron chi connectivity index (χ3n) is 5.31. The maximum Gasteiger partial charge on any atom is 0.258 e. The molecule has 0 aliphatic rings.